The van der Waals surface area contributed by atoms with E-state index in [4.69, 9.17) is 4.74 Å². The van der Waals surface area contributed by atoms with Crippen molar-refractivity contribution in [2.45, 2.75) is 24.3 Å². The summed E-state index contributed by atoms with van der Waals surface area (Å²) in [5.74, 6) is 0.964. The van der Waals surface area contributed by atoms with E-state index in [0.717, 1.165) is 37.5 Å². The Morgan fingerprint density at radius 1 is 1.36 bits per heavy atom. The zero-order valence-electron chi connectivity index (χ0n) is 14.2. The fraction of sp³-hybridized carbons (Fsp3) is 0.471. The van der Waals surface area contributed by atoms with Gasteiger partial charge in [0, 0.05) is 24.7 Å². The average Bonchev–Trinajstić information content (AvgIpc) is 3.13. The van der Waals surface area contributed by atoms with Crippen LogP contribution in [-0.4, -0.2) is 45.0 Å². The Hall–Kier alpha value is -1.48. The van der Waals surface area contributed by atoms with Crippen molar-refractivity contribution >= 4 is 21.4 Å². The Balaban J connectivity index is 1.54. The van der Waals surface area contributed by atoms with E-state index in [2.05, 4.69) is 14.6 Å². The zero-order valence-corrected chi connectivity index (χ0v) is 15.9. The van der Waals surface area contributed by atoms with Gasteiger partial charge in [0.25, 0.3) is 0 Å². The van der Waals surface area contributed by atoms with Crippen molar-refractivity contribution in [1.29, 1.82) is 0 Å². The van der Waals surface area contributed by atoms with Crippen molar-refractivity contribution in [1.82, 2.24) is 14.6 Å². The molecule has 1 aromatic heterocycles. The molecule has 136 valence electrons. The first-order valence-corrected chi connectivity index (χ1v) is 10.7. The molecule has 0 saturated carbocycles. The molecule has 3 rings (SSSR count). The minimum atomic E-state index is -3.49. The summed E-state index contributed by atoms with van der Waals surface area (Å²) >= 11 is 1.66. The Bertz CT molecular complexity index is 761. The highest BCUT2D eigenvalue weighted by Crippen LogP contribution is 2.20. The Labute approximate surface area is 152 Å². The summed E-state index contributed by atoms with van der Waals surface area (Å²) in [7, 11) is -1.93. The molecular formula is C17H23N3O3S2. The number of nitrogens with zero attached hydrogens (tertiary/aromatic N) is 2. The average molecular weight is 382 g/mol. The number of likely N-dealkylation sites (tertiary alicyclic amines) is 1. The van der Waals surface area contributed by atoms with E-state index in [0.29, 0.717) is 18.2 Å². The van der Waals surface area contributed by atoms with E-state index in [9.17, 15) is 8.42 Å². The van der Waals surface area contributed by atoms with Gasteiger partial charge in [-0.15, -0.1) is 11.3 Å². The van der Waals surface area contributed by atoms with Crippen LogP contribution in [0.15, 0.2) is 40.7 Å². The Morgan fingerprint density at radius 3 is 2.84 bits per heavy atom. The number of hydrogen-bond acceptors (Lipinski definition) is 6. The number of methoxy groups -OCH3 is 1. The summed E-state index contributed by atoms with van der Waals surface area (Å²) in [6.07, 6.45) is 3.95. The first-order chi connectivity index (χ1) is 12.1. The van der Waals surface area contributed by atoms with Gasteiger partial charge < -0.3 is 4.74 Å². The minimum absolute atomic E-state index is 0.267. The molecule has 0 bridgehead atoms. The third-order valence-electron chi connectivity index (χ3n) is 4.38. The molecule has 2 heterocycles. The van der Waals surface area contributed by atoms with E-state index in [-0.39, 0.29) is 4.90 Å². The molecule has 0 spiro atoms. The quantitative estimate of drug-likeness (QED) is 0.797. The van der Waals surface area contributed by atoms with E-state index in [1.807, 2.05) is 11.6 Å². The molecule has 1 aliphatic rings. The van der Waals surface area contributed by atoms with Gasteiger partial charge in [-0.05, 0) is 49.6 Å². The lowest BCUT2D eigenvalue weighted by molar-refractivity contribution is 0.168. The summed E-state index contributed by atoms with van der Waals surface area (Å²) in [5.41, 5.74) is 0. The number of ether oxygens (including phenoxy) is 1. The molecule has 0 unspecified atom stereocenters. The number of thiazole rings is 1. The van der Waals surface area contributed by atoms with Crippen LogP contribution >= 0.6 is 11.3 Å². The van der Waals surface area contributed by atoms with Crippen molar-refractivity contribution < 1.29 is 13.2 Å². The maximum atomic E-state index is 12.4. The van der Waals surface area contributed by atoms with Gasteiger partial charge in [0.15, 0.2) is 0 Å². The maximum absolute atomic E-state index is 12.4. The highest BCUT2D eigenvalue weighted by atomic mass is 32.2. The predicted octanol–water partition coefficient (Wildman–Crippen LogP) is 2.34. The van der Waals surface area contributed by atoms with Crippen LogP contribution in [0.25, 0.3) is 0 Å². The molecule has 1 saturated heterocycles. The molecule has 8 heteroatoms. The van der Waals surface area contributed by atoms with Gasteiger partial charge in [-0.2, -0.15) is 0 Å². The van der Waals surface area contributed by atoms with Gasteiger partial charge in [-0.1, -0.05) is 0 Å². The largest absolute Gasteiger partial charge is 0.497 e. The number of aromatic nitrogens is 1. The van der Waals surface area contributed by atoms with Crippen LogP contribution in [0.5, 0.6) is 5.75 Å². The third kappa shape index (κ3) is 5.01. The van der Waals surface area contributed by atoms with Gasteiger partial charge in [-0.25, -0.2) is 18.1 Å². The van der Waals surface area contributed by atoms with Crippen LogP contribution in [0.4, 0.5) is 0 Å². The Morgan fingerprint density at radius 2 is 2.16 bits per heavy atom. The van der Waals surface area contributed by atoms with E-state index < -0.39 is 10.0 Å². The molecule has 1 aliphatic heterocycles. The second kappa shape index (κ2) is 8.27. The van der Waals surface area contributed by atoms with Crippen molar-refractivity contribution in [3.63, 3.8) is 0 Å². The molecule has 0 amide bonds. The molecule has 6 nitrogen and oxygen atoms in total. The van der Waals surface area contributed by atoms with Gasteiger partial charge in [-0.3, -0.25) is 4.90 Å². The number of benzene rings is 1. The molecule has 25 heavy (non-hydrogen) atoms. The van der Waals surface area contributed by atoms with Crippen LogP contribution in [0, 0.1) is 5.92 Å². The van der Waals surface area contributed by atoms with Crippen LogP contribution in [0.2, 0.25) is 0 Å². The summed E-state index contributed by atoms with van der Waals surface area (Å²) in [4.78, 5) is 6.95. The van der Waals surface area contributed by atoms with E-state index >= 15 is 0 Å². The topological polar surface area (TPSA) is 71.5 Å². The molecule has 1 fully saturated rings. The monoisotopic (exact) mass is 381 g/mol. The first-order valence-electron chi connectivity index (χ1n) is 8.31. The van der Waals surface area contributed by atoms with Crippen LogP contribution in [0.1, 0.15) is 17.8 Å². The van der Waals surface area contributed by atoms with Crippen molar-refractivity contribution in [2.24, 2.45) is 5.92 Å². The van der Waals surface area contributed by atoms with E-state index in [1.54, 1.807) is 42.7 Å². The summed E-state index contributed by atoms with van der Waals surface area (Å²) in [6, 6.07) is 6.45. The maximum Gasteiger partial charge on any atom is 0.240 e. The predicted molar refractivity (Wildman–Crippen MR) is 98.3 cm³/mol. The summed E-state index contributed by atoms with van der Waals surface area (Å²) < 4.78 is 32.7. The molecule has 1 N–H and O–H groups in total. The lowest BCUT2D eigenvalue weighted by Crippen LogP contribution is -2.40. The third-order valence-corrected chi connectivity index (χ3v) is 6.58. The van der Waals surface area contributed by atoms with E-state index in [1.165, 1.54) is 0 Å². The molecule has 1 aromatic carbocycles. The number of hydrogen-bond donors (Lipinski definition) is 1. The zero-order chi connectivity index (χ0) is 17.7. The van der Waals surface area contributed by atoms with Crippen molar-refractivity contribution in [3.05, 3.63) is 40.8 Å². The smallest absolute Gasteiger partial charge is 0.240 e. The van der Waals surface area contributed by atoms with Crippen LogP contribution < -0.4 is 9.46 Å². The van der Waals surface area contributed by atoms with Crippen molar-refractivity contribution in [3.8, 4) is 5.75 Å². The second-order valence-corrected chi connectivity index (χ2v) is 8.94. The molecule has 0 radical (unpaired) electrons. The summed E-state index contributed by atoms with van der Waals surface area (Å²) in [6.45, 7) is 3.24. The standard InChI is InChI=1S/C17H23N3O3S2/c1-23-15-4-6-16(7-5-15)25(21,22)19-11-14-3-2-9-20(12-14)13-17-18-8-10-24-17/h4-8,10,14,19H,2-3,9,11-13H2,1H3/t14-/m1/s1. The number of rotatable bonds is 7. The minimum Gasteiger partial charge on any atom is -0.497 e. The molecule has 0 aliphatic carbocycles. The second-order valence-electron chi connectivity index (χ2n) is 6.20. The molecule has 2 aromatic rings. The van der Waals surface area contributed by atoms with Gasteiger partial charge in [0.2, 0.25) is 10.0 Å². The van der Waals surface area contributed by atoms with Gasteiger partial charge in [0.1, 0.15) is 10.8 Å². The fourth-order valence-corrected chi connectivity index (χ4v) is 4.82. The molecule has 1 atom stereocenters. The lowest BCUT2D eigenvalue weighted by Gasteiger charge is -2.32. The normalized spacial score (nSPS) is 19.0. The van der Waals surface area contributed by atoms with Gasteiger partial charge in [0.05, 0.1) is 18.6 Å². The Kier molecular flexibility index (Phi) is 6.06. The number of sulfonamides is 1. The molecular weight excluding hydrogens is 358 g/mol. The van der Waals surface area contributed by atoms with Crippen molar-refractivity contribution in [2.75, 3.05) is 26.7 Å². The SMILES string of the molecule is COc1ccc(S(=O)(=O)NC[C@H]2CCCN(Cc3nccs3)C2)cc1. The summed E-state index contributed by atoms with van der Waals surface area (Å²) in [5, 5.41) is 3.10. The fourth-order valence-electron chi connectivity index (χ4n) is 3.05. The van der Waals surface area contributed by atoms with Gasteiger partial charge >= 0.3 is 0 Å². The van der Waals surface area contributed by atoms with Crippen LogP contribution in [-0.2, 0) is 16.6 Å². The number of nitrogens with one attached hydrogen (secondary N) is 1. The van der Waals surface area contributed by atoms with Crippen LogP contribution in [0.3, 0.4) is 0 Å². The first kappa shape index (κ1) is 18.3. The highest BCUT2D eigenvalue weighted by molar-refractivity contribution is 7.89. The number of piperidine rings is 1. The lowest BCUT2D eigenvalue weighted by atomic mass is 9.98. The highest BCUT2D eigenvalue weighted by Gasteiger charge is 2.23.